The van der Waals surface area contributed by atoms with Gasteiger partial charge in [0, 0.05) is 10.9 Å². The molecule has 3 rings (SSSR count). The SMILES string of the molecule is O=C(O)Cn1c(=O)c2c(c3ccccc31)CCC2. The standard InChI is InChI=1S/C14H13NO3/c16-13(17)8-15-12-7-2-1-4-10(12)9-5-3-6-11(9)14(15)18/h1-2,4,7H,3,5-6,8H2,(H,16,17). The van der Waals surface area contributed by atoms with Crippen molar-refractivity contribution in [1.29, 1.82) is 0 Å². The lowest BCUT2D eigenvalue weighted by molar-refractivity contribution is -0.137. The lowest BCUT2D eigenvalue weighted by Gasteiger charge is -2.12. The van der Waals surface area contributed by atoms with Crippen molar-refractivity contribution < 1.29 is 9.90 Å². The summed E-state index contributed by atoms with van der Waals surface area (Å²) in [6, 6.07) is 7.55. The van der Waals surface area contributed by atoms with E-state index in [1.54, 1.807) is 0 Å². The first kappa shape index (κ1) is 11.0. The van der Waals surface area contributed by atoms with E-state index in [1.165, 1.54) is 4.57 Å². The summed E-state index contributed by atoms with van der Waals surface area (Å²) in [6.07, 6.45) is 2.66. The smallest absolute Gasteiger partial charge is 0.323 e. The zero-order valence-corrected chi connectivity index (χ0v) is 9.85. The van der Waals surface area contributed by atoms with E-state index in [2.05, 4.69) is 0 Å². The number of aryl methyl sites for hydroxylation is 1. The molecule has 92 valence electrons. The van der Waals surface area contributed by atoms with Crippen LogP contribution >= 0.6 is 0 Å². The summed E-state index contributed by atoms with van der Waals surface area (Å²) >= 11 is 0. The van der Waals surface area contributed by atoms with Crippen LogP contribution in [0.2, 0.25) is 0 Å². The van der Waals surface area contributed by atoms with Crippen molar-refractivity contribution in [2.75, 3.05) is 0 Å². The van der Waals surface area contributed by atoms with Crippen LogP contribution in [0.3, 0.4) is 0 Å². The van der Waals surface area contributed by atoms with E-state index in [0.29, 0.717) is 0 Å². The molecule has 0 saturated heterocycles. The first-order valence-corrected chi connectivity index (χ1v) is 6.03. The Morgan fingerprint density at radius 2 is 1.94 bits per heavy atom. The lowest BCUT2D eigenvalue weighted by Crippen LogP contribution is -2.27. The van der Waals surface area contributed by atoms with Gasteiger partial charge >= 0.3 is 5.97 Å². The van der Waals surface area contributed by atoms with E-state index in [9.17, 15) is 9.59 Å². The van der Waals surface area contributed by atoms with Crippen molar-refractivity contribution >= 4 is 16.9 Å². The molecule has 4 heteroatoms. The number of aromatic nitrogens is 1. The van der Waals surface area contributed by atoms with Crippen LogP contribution in [0.15, 0.2) is 29.1 Å². The molecular formula is C14H13NO3. The van der Waals surface area contributed by atoms with E-state index in [4.69, 9.17) is 5.11 Å². The van der Waals surface area contributed by atoms with Crippen molar-refractivity contribution in [3.63, 3.8) is 0 Å². The molecule has 0 amide bonds. The van der Waals surface area contributed by atoms with Crippen LogP contribution in [-0.2, 0) is 24.2 Å². The Kier molecular flexibility index (Phi) is 2.44. The fourth-order valence-electron chi connectivity index (χ4n) is 2.81. The number of benzene rings is 1. The first-order valence-electron chi connectivity index (χ1n) is 6.03. The van der Waals surface area contributed by atoms with Crippen LogP contribution < -0.4 is 5.56 Å². The molecule has 1 aliphatic carbocycles. The average Bonchev–Trinajstić information content (AvgIpc) is 2.83. The van der Waals surface area contributed by atoms with Crippen molar-refractivity contribution in [1.82, 2.24) is 4.57 Å². The minimum Gasteiger partial charge on any atom is -0.480 e. The summed E-state index contributed by atoms with van der Waals surface area (Å²) in [5.74, 6) is -0.986. The quantitative estimate of drug-likeness (QED) is 0.871. The third-order valence-electron chi connectivity index (χ3n) is 3.53. The number of carboxylic acids is 1. The average molecular weight is 243 g/mol. The van der Waals surface area contributed by atoms with E-state index in [-0.39, 0.29) is 12.1 Å². The number of rotatable bonds is 2. The number of hydrogen-bond acceptors (Lipinski definition) is 2. The van der Waals surface area contributed by atoms with Crippen molar-refractivity contribution in [2.45, 2.75) is 25.8 Å². The summed E-state index contributed by atoms with van der Waals surface area (Å²) < 4.78 is 1.38. The molecule has 0 bridgehead atoms. The molecule has 0 atom stereocenters. The van der Waals surface area contributed by atoms with Crippen LogP contribution in [0.4, 0.5) is 0 Å². The van der Waals surface area contributed by atoms with Crippen molar-refractivity contribution in [2.24, 2.45) is 0 Å². The van der Waals surface area contributed by atoms with Crippen LogP contribution in [0, 0.1) is 0 Å². The molecule has 1 aromatic carbocycles. The highest BCUT2D eigenvalue weighted by Gasteiger charge is 2.21. The molecule has 2 aromatic rings. The molecule has 1 aromatic heterocycles. The van der Waals surface area contributed by atoms with Crippen LogP contribution in [-0.4, -0.2) is 15.6 Å². The fraction of sp³-hybridized carbons (Fsp3) is 0.286. The van der Waals surface area contributed by atoms with Gasteiger partial charge in [-0.25, -0.2) is 0 Å². The third-order valence-corrected chi connectivity index (χ3v) is 3.53. The van der Waals surface area contributed by atoms with Gasteiger partial charge in [0.15, 0.2) is 0 Å². The molecule has 1 heterocycles. The number of aliphatic carboxylic acids is 1. The van der Waals surface area contributed by atoms with Crippen LogP contribution in [0.25, 0.3) is 10.9 Å². The highest BCUT2D eigenvalue weighted by atomic mass is 16.4. The van der Waals surface area contributed by atoms with E-state index in [1.807, 2.05) is 24.3 Å². The van der Waals surface area contributed by atoms with Crippen molar-refractivity contribution in [3.05, 3.63) is 45.7 Å². The maximum absolute atomic E-state index is 12.3. The predicted octanol–water partition coefficient (Wildman–Crippen LogP) is 1.57. The molecule has 4 nitrogen and oxygen atoms in total. The second-order valence-electron chi connectivity index (χ2n) is 4.61. The Balaban J connectivity index is 2.41. The van der Waals surface area contributed by atoms with Gasteiger partial charge in [-0.05, 0) is 30.9 Å². The molecule has 0 unspecified atom stereocenters. The number of fused-ring (bicyclic) bond motifs is 3. The lowest BCUT2D eigenvalue weighted by atomic mass is 10.1. The maximum atomic E-state index is 12.3. The number of pyridine rings is 1. The van der Waals surface area contributed by atoms with Gasteiger partial charge in [0.2, 0.25) is 0 Å². The minimum atomic E-state index is -0.986. The van der Waals surface area contributed by atoms with Gasteiger partial charge < -0.3 is 5.11 Å². The Labute approximate surface area is 103 Å². The first-order chi connectivity index (χ1) is 8.68. The number of nitrogens with zero attached hydrogens (tertiary/aromatic N) is 1. The Morgan fingerprint density at radius 3 is 2.72 bits per heavy atom. The number of carboxylic acid groups (broad SMARTS) is 1. The van der Waals surface area contributed by atoms with Crippen molar-refractivity contribution in [3.8, 4) is 0 Å². The van der Waals surface area contributed by atoms with Gasteiger partial charge in [-0.3, -0.25) is 14.2 Å². The molecular weight excluding hydrogens is 230 g/mol. The van der Waals surface area contributed by atoms with E-state index in [0.717, 1.165) is 41.3 Å². The number of para-hydroxylation sites is 1. The summed E-state index contributed by atoms with van der Waals surface area (Å²) in [5, 5.41) is 9.96. The van der Waals surface area contributed by atoms with Gasteiger partial charge in [-0.2, -0.15) is 0 Å². The van der Waals surface area contributed by atoms with E-state index < -0.39 is 5.97 Å². The molecule has 0 radical (unpaired) electrons. The number of hydrogen-bond donors (Lipinski definition) is 1. The monoisotopic (exact) mass is 243 g/mol. The van der Waals surface area contributed by atoms with Gasteiger partial charge in [0.25, 0.3) is 5.56 Å². The largest absolute Gasteiger partial charge is 0.480 e. The van der Waals surface area contributed by atoms with Gasteiger partial charge in [-0.1, -0.05) is 18.2 Å². The molecule has 18 heavy (non-hydrogen) atoms. The highest BCUT2D eigenvalue weighted by Crippen LogP contribution is 2.27. The Morgan fingerprint density at radius 1 is 1.22 bits per heavy atom. The highest BCUT2D eigenvalue weighted by molar-refractivity contribution is 5.85. The second-order valence-corrected chi connectivity index (χ2v) is 4.61. The van der Waals surface area contributed by atoms with Gasteiger partial charge in [0.05, 0.1) is 5.52 Å². The zero-order chi connectivity index (χ0) is 12.7. The van der Waals surface area contributed by atoms with E-state index >= 15 is 0 Å². The summed E-state index contributed by atoms with van der Waals surface area (Å²) in [7, 11) is 0. The van der Waals surface area contributed by atoms with Crippen LogP contribution in [0.1, 0.15) is 17.5 Å². The molecule has 0 fully saturated rings. The Hall–Kier alpha value is -2.10. The molecule has 1 N–H and O–H groups in total. The van der Waals surface area contributed by atoms with Gasteiger partial charge in [-0.15, -0.1) is 0 Å². The second kappa shape index (κ2) is 3.98. The molecule has 1 aliphatic rings. The summed E-state index contributed by atoms with van der Waals surface area (Å²) in [5.41, 5.74) is 2.50. The molecule has 0 spiro atoms. The molecule has 0 saturated carbocycles. The normalized spacial score (nSPS) is 13.8. The summed E-state index contributed by atoms with van der Waals surface area (Å²) in [6.45, 7) is -0.271. The fourth-order valence-corrected chi connectivity index (χ4v) is 2.81. The summed E-state index contributed by atoms with van der Waals surface area (Å²) in [4.78, 5) is 23.2. The predicted molar refractivity (Wildman–Crippen MR) is 67.9 cm³/mol. The van der Waals surface area contributed by atoms with Gasteiger partial charge in [0.1, 0.15) is 6.54 Å². The molecule has 0 aliphatic heterocycles. The zero-order valence-electron chi connectivity index (χ0n) is 9.85. The topological polar surface area (TPSA) is 59.3 Å². The van der Waals surface area contributed by atoms with Crippen LogP contribution in [0.5, 0.6) is 0 Å². The Bertz CT molecular complexity index is 700. The maximum Gasteiger partial charge on any atom is 0.323 e. The number of carbonyl (C=O) groups is 1. The third kappa shape index (κ3) is 1.53. The minimum absolute atomic E-state index is 0.136.